The van der Waals surface area contributed by atoms with E-state index in [1.807, 2.05) is 6.07 Å². The van der Waals surface area contributed by atoms with Gasteiger partial charge in [-0.15, -0.1) is 0 Å². The van der Waals surface area contributed by atoms with Gasteiger partial charge >= 0.3 is 0 Å². The fraction of sp³-hybridized carbons (Fsp3) is 0.214. The van der Waals surface area contributed by atoms with Gasteiger partial charge in [-0.05, 0) is 18.4 Å². The van der Waals surface area contributed by atoms with E-state index in [0.717, 1.165) is 4.31 Å². The van der Waals surface area contributed by atoms with Crippen molar-refractivity contribution in [3.8, 4) is 17.3 Å². The molecule has 0 radical (unpaired) electrons. The first-order valence-electron chi connectivity index (χ1n) is 6.42. The molecule has 0 unspecified atom stereocenters. The Hall–Kier alpha value is -2.15. The lowest BCUT2D eigenvalue weighted by atomic mass is 10.1. The van der Waals surface area contributed by atoms with E-state index in [4.69, 9.17) is 5.26 Å². The average Bonchev–Trinajstić information content (AvgIpc) is 2.54. The highest BCUT2D eigenvalue weighted by atomic mass is 32.2. The molecule has 1 heterocycles. The van der Waals surface area contributed by atoms with Crippen LogP contribution in [-0.4, -0.2) is 43.0 Å². The van der Waals surface area contributed by atoms with Crippen LogP contribution in [0.15, 0.2) is 39.1 Å². The van der Waals surface area contributed by atoms with E-state index in [0.29, 0.717) is 10.7 Å². The molecule has 0 atom stereocenters. The number of nitrogens with one attached hydrogen (secondary N) is 1. The zero-order valence-corrected chi connectivity index (χ0v) is 14.3. The second-order valence-electron chi connectivity index (χ2n) is 4.72. The predicted octanol–water partition coefficient (Wildman–Crippen LogP) is 1.28. The minimum atomic E-state index is -3.54. The van der Waals surface area contributed by atoms with Crippen LogP contribution in [0.1, 0.15) is 5.56 Å². The molecule has 120 valence electrons. The standard InChI is InChI=1S/C14H14N4O3S2/c1-18(2)23(20,21)10-6-4-9(5-7-10)12-11(8-15)13(19)17-14(16-12)22-3/h4-7H,1-3H3,(H,16,17,19). The highest BCUT2D eigenvalue weighted by Gasteiger charge is 2.18. The normalized spacial score (nSPS) is 11.4. The van der Waals surface area contributed by atoms with E-state index < -0.39 is 15.6 Å². The molecule has 0 aliphatic carbocycles. The zero-order chi connectivity index (χ0) is 17.2. The number of hydrogen-bond donors (Lipinski definition) is 1. The third-order valence-electron chi connectivity index (χ3n) is 3.11. The molecule has 0 spiro atoms. The third kappa shape index (κ3) is 3.29. The molecule has 0 bridgehead atoms. The third-order valence-corrected chi connectivity index (χ3v) is 5.52. The first kappa shape index (κ1) is 17.2. The number of thioether (sulfide) groups is 1. The summed E-state index contributed by atoms with van der Waals surface area (Å²) in [4.78, 5) is 18.8. The van der Waals surface area contributed by atoms with Crippen molar-refractivity contribution >= 4 is 21.8 Å². The first-order chi connectivity index (χ1) is 10.8. The van der Waals surface area contributed by atoms with Gasteiger partial charge in [-0.25, -0.2) is 17.7 Å². The second kappa shape index (κ2) is 6.54. The highest BCUT2D eigenvalue weighted by molar-refractivity contribution is 7.98. The quantitative estimate of drug-likeness (QED) is 0.657. The van der Waals surface area contributed by atoms with Crippen molar-refractivity contribution in [2.24, 2.45) is 0 Å². The van der Waals surface area contributed by atoms with Crippen LogP contribution in [0.4, 0.5) is 0 Å². The van der Waals surface area contributed by atoms with Crippen molar-refractivity contribution in [3.63, 3.8) is 0 Å². The number of benzene rings is 1. The van der Waals surface area contributed by atoms with Crippen LogP contribution in [0.25, 0.3) is 11.3 Å². The van der Waals surface area contributed by atoms with Crippen molar-refractivity contribution < 1.29 is 8.42 Å². The van der Waals surface area contributed by atoms with Crippen molar-refractivity contribution in [3.05, 3.63) is 40.2 Å². The summed E-state index contributed by atoms with van der Waals surface area (Å²) in [6.45, 7) is 0. The first-order valence-corrected chi connectivity index (χ1v) is 9.09. The van der Waals surface area contributed by atoms with Gasteiger partial charge in [0.2, 0.25) is 10.0 Å². The van der Waals surface area contributed by atoms with Crippen LogP contribution in [-0.2, 0) is 10.0 Å². The number of nitrogens with zero attached hydrogens (tertiary/aromatic N) is 3. The molecule has 1 N–H and O–H groups in total. The summed E-state index contributed by atoms with van der Waals surface area (Å²) in [6.07, 6.45) is 1.75. The minimum Gasteiger partial charge on any atom is -0.300 e. The Bertz CT molecular complexity index is 926. The lowest BCUT2D eigenvalue weighted by Crippen LogP contribution is -2.22. The Morgan fingerprint density at radius 1 is 1.26 bits per heavy atom. The zero-order valence-electron chi connectivity index (χ0n) is 12.7. The summed E-state index contributed by atoms with van der Waals surface area (Å²) in [5.74, 6) is 0. The lowest BCUT2D eigenvalue weighted by Gasteiger charge is -2.12. The van der Waals surface area contributed by atoms with Gasteiger partial charge in [0.1, 0.15) is 11.6 Å². The Balaban J connectivity index is 2.59. The van der Waals surface area contributed by atoms with Crippen molar-refractivity contribution in [1.29, 1.82) is 5.26 Å². The number of H-pyrrole nitrogens is 1. The smallest absolute Gasteiger partial charge is 0.270 e. The number of sulfonamides is 1. The number of rotatable bonds is 4. The summed E-state index contributed by atoms with van der Waals surface area (Å²) >= 11 is 1.24. The minimum absolute atomic E-state index is 0.106. The lowest BCUT2D eigenvalue weighted by molar-refractivity contribution is 0.521. The fourth-order valence-corrected chi connectivity index (χ4v) is 3.14. The monoisotopic (exact) mass is 350 g/mol. The van der Waals surface area contributed by atoms with Gasteiger partial charge < -0.3 is 4.98 Å². The van der Waals surface area contributed by atoms with Crippen LogP contribution in [0, 0.1) is 11.3 Å². The van der Waals surface area contributed by atoms with Crippen LogP contribution in [0.5, 0.6) is 0 Å². The largest absolute Gasteiger partial charge is 0.300 e. The SMILES string of the molecule is CSc1nc(-c2ccc(S(=O)(=O)N(C)C)cc2)c(C#N)c(=O)[nH]1. The summed E-state index contributed by atoms with van der Waals surface area (Å²) in [5.41, 5.74) is 0.105. The Morgan fingerprint density at radius 2 is 1.87 bits per heavy atom. The van der Waals surface area contributed by atoms with Crippen LogP contribution >= 0.6 is 11.8 Å². The maximum Gasteiger partial charge on any atom is 0.270 e. The number of aromatic amines is 1. The van der Waals surface area contributed by atoms with E-state index in [-0.39, 0.29) is 16.2 Å². The Kier molecular flexibility index (Phi) is 4.89. The number of aromatic nitrogens is 2. The highest BCUT2D eigenvalue weighted by Crippen LogP contribution is 2.23. The molecule has 9 heteroatoms. The molecule has 2 rings (SSSR count). The molecular formula is C14H14N4O3S2. The molecule has 2 aromatic rings. The molecule has 1 aromatic heterocycles. The molecule has 23 heavy (non-hydrogen) atoms. The second-order valence-corrected chi connectivity index (χ2v) is 7.67. The molecule has 0 amide bonds. The van der Waals surface area contributed by atoms with Crippen LogP contribution < -0.4 is 5.56 Å². The van der Waals surface area contributed by atoms with Crippen molar-refractivity contribution in [2.45, 2.75) is 10.1 Å². The molecule has 0 saturated carbocycles. The van der Waals surface area contributed by atoms with E-state index in [1.165, 1.54) is 50.1 Å². The average molecular weight is 350 g/mol. The van der Waals surface area contributed by atoms with Gasteiger partial charge in [0, 0.05) is 19.7 Å². The topological polar surface area (TPSA) is 107 Å². The van der Waals surface area contributed by atoms with E-state index in [2.05, 4.69) is 9.97 Å². The van der Waals surface area contributed by atoms with Crippen molar-refractivity contribution in [1.82, 2.24) is 14.3 Å². The summed E-state index contributed by atoms with van der Waals surface area (Å²) in [7, 11) is -0.648. The van der Waals surface area contributed by atoms with Gasteiger partial charge in [-0.2, -0.15) is 5.26 Å². The van der Waals surface area contributed by atoms with E-state index in [1.54, 1.807) is 6.26 Å². The molecule has 7 nitrogen and oxygen atoms in total. The summed E-state index contributed by atoms with van der Waals surface area (Å²) in [5, 5.41) is 9.54. The van der Waals surface area contributed by atoms with Gasteiger partial charge in [-0.3, -0.25) is 4.79 Å². The number of nitriles is 1. The Morgan fingerprint density at radius 3 is 2.35 bits per heavy atom. The molecule has 0 aliphatic rings. The Labute approximate surface area is 138 Å². The van der Waals surface area contributed by atoms with Gasteiger partial charge in [0.15, 0.2) is 5.16 Å². The molecule has 0 aliphatic heterocycles. The maximum absolute atomic E-state index is 12.1. The maximum atomic E-state index is 12.1. The van der Waals surface area contributed by atoms with Gasteiger partial charge in [0.25, 0.3) is 5.56 Å². The summed E-state index contributed by atoms with van der Waals surface area (Å²) in [6, 6.07) is 7.74. The molecule has 1 aromatic carbocycles. The number of hydrogen-bond acceptors (Lipinski definition) is 6. The predicted molar refractivity (Wildman–Crippen MR) is 87.7 cm³/mol. The molecular weight excluding hydrogens is 336 g/mol. The molecule has 0 fully saturated rings. The fourth-order valence-electron chi connectivity index (χ4n) is 1.86. The van der Waals surface area contributed by atoms with Gasteiger partial charge in [-0.1, -0.05) is 23.9 Å². The molecule has 0 saturated heterocycles. The van der Waals surface area contributed by atoms with Crippen LogP contribution in [0.2, 0.25) is 0 Å². The van der Waals surface area contributed by atoms with E-state index >= 15 is 0 Å². The van der Waals surface area contributed by atoms with Crippen molar-refractivity contribution in [2.75, 3.05) is 20.4 Å². The van der Waals surface area contributed by atoms with E-state index in [9.17, 15) is 13.2 Å². The summed E-state index contributed by atoms with van der Waals surface area (Å²) < 4.78 is 25.2. The van der Waals surface area contributed by atoms with Gasteiger partial charge in [0.05, 0.1) is 10.6 Å². The van der Waals surface area contributed by atoms with Crippen LogP contribution in [0.3, 0.4) is 0 Å².